The summed E-state index contributed by atoms with van der Waals surface area (Å²) in [6, 6.07) is 0.735. The number of unbranched alkanes of at least 4 members (excludes halogenated alkanes) is 3. The standard InChI is InChI=1S/C16H32N2/c1-3-4-5-9-12-18-14-16(17-13-15(18)2)10-7-6-8-11-16/h15,17H,3-14H2,1-2H3. The molecule has 1 heterocycles. The maximum Gasteiger partial charge on any atom is 0.0309 e. The quantitative estimate of drug-likeness (QED) is 0.753. The Balaban J connectivity index is 1.80. The maximum absolute atomic E-state index is 3.87. The molecule has 1 aliphatic heterocycles. The first-order chi connectivity index (χ1) is 8.76. The van der Waals surface area contributed by atoms with Gasteiger partial charge in [0.25, 0.3) is 0 Å². The van der Waals surface area contributed by atoms with Crippen LogP contribution in [0.15, 0.2) is 0 Å². The summed E-state index contributed by atoms with van der Waals surface area (Å²) in [7, 11) is 0. The summed E-state index contributed by atoms with van der Waals surface area (Å²) < 4.78 is 0. The Kier molecular flexibility index (Phi) is 5.50. The van der Waals surface area contributed by atoms with Crippen LogP contribution in [0.5, 0.6) is 0 Å². The second kappa shape index (κ2) is 6.91. The van der Waals surface area contributed by atoms with Crippen molar-refractivity contribution in [2.45, 2.75) is 83.2 Å². The average molecular weight is 252 g/mol. The van der Waals surface area contributed by atoms with Crippen LogP contribution < -0.4 is 5.32 Å². The number of rotatable bonds is 5. The Morgan fingerprint density at radius 3 is 2.61 bits per heavy atom. The Morgan fingerprint density at radius 1 is 1.11 bits per heavy atom. The van der Waals surface area contributed by atoms with Gasteiger partial charge in [0, 0.05) is 24.7 Å². The van der Waals surface area contributed by atoms with Gasteiger partial charge in [0.05, 0.1) is 0 Å². The summed E-state index contributed by atoms with van der Waals surface area (Å²) in [5.74, 6) is 0. The molecule has 2 fully saturated rings. The van der Waals surface area contributed by atoms with Gasteiger partial charge in [-0.1, -0.05) is 45.4 Å². The van der Waals surface area contributed by atoms with Crippen molar-refractivity contribution in [3.63, 3.8) is 0 Å². The van der Waals surface area contributed by atoms with Gasteiger partial charge in [0.2, 0.25) is 0 Å². The topological polar surface area (TPSA) is 15.3 Å². The van der Waals surface area contributed by atoms with E-state index < -0.39 is 0 Å². The van der Waals surface area contributed by atoms with Crippen LogP contribution in [0.4, 0.5) is 0 Å². The molecule has 2 nitrogen and oxygen atoms in total. The first kappa shape index (κ1) is 14.3. The van der Waals surface area contributed by atoms with Crippen molar-refractivity contribution < 1.29 is 0 Å². The molecule has 2 aliphatic rings. The van der Waals surface area contributed by atoms with Crippen LogP contribution in [0.25, 0.3) is 0 Å². The molecule has 0 radical (unpaired) electrons. The van der Waals surface area contributed by atoms with Gasteiger partial charge in [-0.3, -0.25) is 4.90 Å². The van der Waals surface area contributed by atoms with E-state index in [2.05, 4.69) is 24.1 Å². The molecule has 0 aromatic rings. The monoisotopic (exact) mass is 252 g/mol. The molecule has 0 amide bonds. The Morgan fingerprint density at radius 2 is 1.89 bits per heavy atom. The first-order valence-corrected chi connectivity index (χ1v) is 8.25. The van der Waals surface area contributed by atoms with E-state index in [1.807, 2.05) is 0 Å². The number of nitrogens with zero attached hydrogens (tertiary/aromatic N) is 1. The fourth-order valence-electron chi connectivity index (χ4n) is 3.70. The molecule has 2 rings (SSSR count). The predicted octanol–water partition coefficient (Wildman–Crippen LogP) is 3.56. The third kappa shape index (κ3) is 3.71. The van der Waals surface area contributed by atoms with Gasteiger partial charge in [-0.25, -0.2) is 0 Å². The molecular formula is C16H32N2. The van der Waals surface area contributed by atoms with E-state index in [0.717, 1.165) is 6.04 Å². The molecule has 0 aromatic carbocycles. The molecule has 1 spiro atoms. The van der Waals surface area contributed by atoms with Crippen LogP contribution in [-0.4, -0.2) is 36.1 Å². The van der Waals surface area contributed by atoms with Gasteiger partial charge in [-0.15, -0.1) is 0 Å². The molecule has 1 unspecified atom stereocenters. The summed E-state index contributed by atoms with van der Waals surface area (Å²) in [6.45, 7) is 8.52. The number of piperazine rings is 1. The number of hydrogen-bond acceptors (Lipinski definition) is 2. The lowest BCUT2D eigenvalue weighted by Crippen LogP contribution is -2.64. The van der Waals surface area contributed by atoms with E-state index in [-0.39, 0.29) is 0 Å². The third-order valence-electron chi connectivity index (χ3n) is 5.01. The molecule has 0 aromatic heterocycles. The zero-order chi connectivity index (χ0) is 12.8. The normalized spacial score (nSPS) is 28.7. The van der Waals surface area contributed by atoms with E-state index in [9.17, 15) is 0 Å². The Hall–Kier alpha value is -0.0800. The van der Waals surface area contributed by atoms with Gasteiger partial charge in [-0.05, 0) is 32.7 Å². The van der Waals surface area contributed by atoms with Crippen LogP contribution in [0.2, 0.25) is 0 Å². The molecule has 2 heteroatoms. The highest BCUT2D eigenvalue weighted by atomic mass is 15.2. The average Bonchev–Trinajstić information content (AvgIpc) is 2.40. The maximum atomic E-state index is 3.87. The lowest BCUT2D eigenvalue weighted by Gasteiger charge is -2.49. The van der Waals surface area contributed by atoms with Crippen molar-refractivity contribution in [2.24, 2.45) is 0 Å². The van der Waals surface area contributed by atoms with Gasteiger partial charge in [-0.2, -0.15) is 0 Å². The Bertz CT molecular complexity index is 233. The van der Waals surface area contributed by atoms with Crippen molar-refractivity contribution in [1.82, 2.24) is 10.2 Å². The third-order valence-corrected chi connectivity index (χ3v) is 5.01. The minimum absolute atomic E-state index is 0.482. The minimum Gasteiger partial charge on any atom is -0.308 e. The summed E-state index contributed by atoms with van der Waals surface area (Å²) in [4.78, 5) is 2.76. The molecule has 1 saturated carbocycles. The van der Waals surface area contributed by atoms with Gasteiger partial charge in [0.15, 0.2) is 0 Å². The van der Waals surface area contributed by atoms with Crippen molar-refractivity contribution in [2.75, 3.05) is 19.6 Å². The zero-order valence-electron chi connectivity index (χ0n) is 12.5. The highest BCUT2D eigenvalue weighted by molar-refractivity contribution is 4.98. The Labute approximate surface area is 114 Å². The predicted molar refractivity (Wildman–Crippen MR) is 79.0 cm³/mol. The molecule has 1 atom stereocenters. The number of hydrogen-bond donors (Lipinski definition) is 1. The summed E-state index contributed by atoms with van der Waals surface area (Å²) in [5, 5.41) is 3.87. The van der Waals surface area contributed by atoms with Gasteiger partial charge < -0.3 is 5.32 Å². The van der Waals surface area contributed by atoms with Crippen molar-refractivity contribution >= 4 is 0 Å². The van der Waals surface area contributed by atoms with E-state index in [1.165, 1.54) is 77.4 Å². The SMILES string of the molecule is CCCCCCN1CC2(CCCCC2)NCC1C. The summed E-state index contributed by atoms with van der Waals surface area (Å²) in [6.07, 6.45) is 12.7. The molecule has 106 valence electrons. The lowest BCUT2D eigenvalue weighted by molar-refractivity contribution is 0.0616. The van der Waals surface area contributed by atoms with Crippen molar-refractivity contribution in [3.8, 4) is 0 Å². The fourth-order valence-corrected chi connectivity index (χ4v) is 3.70. The largest absolute Gasteiger partial charge is 0.308 e. The van der Waals surface area contributed by atoms with E-state index in [4.69, 9.17) is 0 Å². The first-order valence-electron chi connectivity index (χ1n) is 8.25. The minimum atomic E-state index is 0.482. The molecule has 1 aliphatic carbocycles. The summed E-state index contributed by atoms with van der Waals surface area (Å²) >= 11 is 0. The van der Waals surface area contributed by atoms with E-state index in [0.29, 0.717) is 5.54 Å². The lowest BCUT2D eigenvalue weighted by atomic mass is 9.79. The van der Waals surface area contributed by atoms with Gasteiger partial charge in [0.1, 0.15) is 0 Å². The van der Waals surface area contributed by atoms with Crippen LogP contribution in [0, 0.1) is 0 Å². The molecule has 18 heavy (non-hydrogen) atoms. The van der Waals surface area contributed by atoms with Crippen LogP contribution in [-0.2, 0) is 0 Å². The molecular weight excluding hydrogens is 220 g/mol. The molecule has 1 saturated heterocycles. The second-order valence-electron chi connectivity index (χ2n) is 6.60. The molecule has 1 N–H and O–H groups in total. The molecule has 0 bridgehead atoms. The zero-order valence-corrected chi connectivity index (χ0v) is 12.5. The van der Waals surface area contributed by atoms with E-state index in [1.54, 1.807) is 0 Å². The fraction of sp³-hybridized carbons (Fsp3) is 1.00. The number of nitrogens with one attached hydrogen (secondary N) is 1. The van der Waals surface area contributed by atoms with Gasteiger partial charge >= 0.3 is 0 Å². The van der Waals surface area contributed by atoms with Crippen molar-refractivity contribution in [3.05, 3.63) is 0 Å². The smallest absolute Gasteiger partial charge is 0.0309 e. The van der Waals surface area contributed by atoms with Crippen LogP contribution in [0.1, 0.15) is 71.6 Å². The van der Waals surface area contributed by atoms with E-state index >= 15 is 0 Å². The second-order valence-corrected chi connectivity index (χ2v) is 6.60. The highest BCUT2D eigenvalue weighted by Crippen LogP contribution is 2.31. The van der Waals surface area contributed by atoms with Crippen molar-refractivity contribution in [1.29, 1.82) is 0 Å². The van der Waals surface area contributed by atoms with Crippen LogP contribution in [0.3, 0.4) is 0 Å². The highest BCUT2D eigenvalue weighted by Gasteiger charge is 2.38. The summed E-state index contributed by atoms with van der Waals surface area (Å²) in [5.41, 5.74) is 0.482. The van der Waals surface area contributed by atoms with Crippen LogP contribution >= 0.6 is 0 Å².